The van der Waals surface area contributed by atoms with Gasteiger partial charge in [-0.15, -0.1) is 0 Å². The van der Waals surface area contributed by atoms with E-state index >= 15 is 0 Å². The Labute approximate surface area is 316 Å². The van der Waals surface area contributed by atoms with Crippen LogP contribution < -0.4 is 10.6 Å². The average molecular weight is 727 g/mol. The molecule has 52 heavy (non-hydrogen) atoms. The molecule has 0 spiro atoms. The summed E-state index contributed by atoms with van der Waals surface area (Å²) in [6.07, 6.45) is 25.5. The highest BCUT2D eigenvalue weighted by Gasteiger charge is 2.46. The van der Waals surface area contributed by atoms with Gasteiger partial charge in [0.2, 0.25) is 11.8 Å². The topological polar surface area (TPSA) is 114 Å². The highest BCUT2D eigenvalue weighted by atomic mass is 16.7. The number of hydrogen-bond donors (Lipinski definition) is 3. The van der Waals surface area contributed by atoms with E-state index in [9.17, 15) is 19.5 Å². The highest BCUT2D eigenvalue weighted by Crippen LogP contribution is 2.35. The van der Waals surface area contributed by atoms with E-state index in [-0.39, 0.29) is 11.8 Å². The summed E-state index contributed by atoms with van der Waals surface area (Å²) in [5.74, 6) is -2.70. The predicted molar refractivity (Wildman–Crippen MR) is 212 cm³/mol. The van der Waals surface area contributed by atoms with Crippen molar-refractivity contribution in [3.05, 3.63) is 48.0 Å². The number of ether oxygens (including phenoxy) is 2. The van der Waals surface area contributed by atoms with Crippen molar-refractivity contribution in [3.63, 3.8) is 0 Å². The van der Waals surface area contributed by atoms with Crippen molar-refractivity contribution in [3.8, 4) is 0 Å². The normalized spacial score (nSPS) is 17.8. The lowest BCUT2D eigenvalue weighted by Gasteiger charge is -2.45. The van der Waals surface area contributed by atoms with Crippen LogP contribution in [0.1, 0.15) is 169 Å². The monoisotopic (exact) mass is 727 g/mol. The molecule has 0 saturated carbocycles. The highest BCUT2D eigenvalue weighted by molar-refractivity contribution is 5.83. The van der Waals surface area contributed by atoms with Crippen LogP contribution in [0.2, 0.25) is 0 Å². The molecular formula is C44H74N2O6. The minimum Gasteiger partial charge on any atom is -0.481 e. The Morgan fingerprint density at radius 3 is 2.08 bits per heavy atom. The minimum absolute atomic E-state index is 0.101. The zero-order valence-corrected chi connectivity index (χ0v) is 33.5. The largest absolute Gasteiger partial charge is 0.481 e. The molecule has 0 aliphatic carbocycles. The number of benzene rings is 1. The van der Waals surface area contributed by atoms with Gasteiger partial charge in [-0.05, 0) is 83.6 Å². The number of nitrogens with one attached hydrogen (secondary N) is 2. The number of carbonyl (C=O) groups excluding carboxylic acids is 2. The van der Waals surface area contributed by atoms with Crippen molar-refractivity contribution in [1.29, 1.82) is 0 Å². The first-order chi connectivity index (χ1) is 24.9. The summed E-state index contributed by atoms with van der Waals surface area (Å²) >= 11 is 0. The molecule has 3 N–H and O–H groups in total. The van der Waals surface area contributed by atoms with Crippen molar-refractivity contribution >= 4 is 17.8 Å². The van der Waals surface area contributed by atoms with Crippen LogP contribution in [-0.2, 0) is 30.3 Å². The van der Waals surface area contributed by atoms with E-state index < -0.39 is 35.2 Å². The molecule has 2 rings (SSSR count). The van der Waals surface area contributed by atoms with Gasteiger partial charge in [0, 0.05) is 24.4 Å². The Morgan fingerprint density at radius 1 is 0.808 bits per heavy atom. The fourth-order valence-electron chi connectivity index (χ4n) is 6.96. The number of amides is 2. The first-order valence-corrected chi connectivity index (χ1v) is 20.8. The zero-order valence-electron chi connectivity index (χ0n) is 33.5. The molecule has 1 aliphatic rings. The number of rotatable bonds is 29. The molecular weight excluding hydrogens is 652 g/mol. The van der Waals surface area contributed by atoms with Gasteiger partial charge in [-0.3, -0.25) is 14.4 Å². The smallest absolute Gasteiger partial charge is 0.308 e. The van der Waals surface area contributed by atoms with Gasteiger partial charge in [-0.25, -0.2) is 0 Å². The molecule has 0 bridgehead atoms. The van der Waals surface area contributed by atoms with E-state index in [2.05, 4.69) is 41.8 Å². The summed E-state index contributed by atoms with van der Waals surface area (Å²) < 4.78 is 11.9. The van der Waals surface area contributed by atoms with Crippen molar-refractivity contribution in [2.45, 2.75) is 187 Å². The number of carboxylic acid groups (broad SMARTS) is 1. The lowest BCUT2D eigenvalue weighted by atomic mass is 9.84. The third-order valence-corrected chi connectivity index (χ3v) is 10.3. The number of hydrogen-bond acceptors (Lipinski definition) is 5. The van der Waals surface area contributed by atoms with Crippen LogP contribution in [0.4, 0.5) is 0 Å². The number of unbranched alkanes of at least 4 members (excludes halogenated alkanes) is 13. The molecule has 3 unspecified atom stereocenters. The summed E-state index contributed by atoms with van der Waals surface area (Å²) in [7, 11) is 0. The van der Waals surface area contributed by atoms with Crippen LogP contribution in [-0.4, -0.2) is 54.0 Å². The lowest BCUT2D eigenvalue weighted by Crippen LogP contribution is -2.58. The summed E-state index contributed by atoms with van der Waals surface area (Å²) in [5, 5.41) is 16.5. The van der Waals surface area contributed by atoms with E-state index in [0.717, 1.165) is 44.9 Å². The van der Waals surface area contributed by atoms with Gasteiger partial charge in [-0.2, -0.15) is 0 Å². The van der Waals surface area contributed by atoms with Gasteiger partial charge in [0.15, 0.2) is 5.79 Å². The predicted octanol–water partition coefficient (Wildman–Crippen LogP) is 10.1. The van der Waals surface area contributed by atoms with Gasteiger partial charge < -0.3 is 25.2 Å². The number of carbonyl (C=O) groups is 3. The Kier molecular flexibility index (Phi) is 22.8. The molecule has 1 aromatic rings. The lowest BCUT2D eigenvalue weighted by molar-refractivity contribution is -0.304. The Hall–Kier alpha value is -2.71. The Morgan fingerprint density at radius 2 is 1.42 bits per heavy atom. The van der Waals surface area contributed by atoms with Crippen molar-refractivity contribution in [2.75, 3.05) is 13.2 Å². The SMILES string of the molecule is CCCCCCCC/C=C\CCCCCCCC(=O)NCCCCCC(C(=O)O)C(CCCc1ccccc1)NC(=O)C1OC(C)(C)OCC1(C)C. The van der Waals surface area contributed by atoms with Crippen molar-refractivity contribution in [1.82, 2.24) is 10.6 Å². The first-order valence-electron chi connectivity index (χ1n) is 20.8. The second kappa shape index (κ2) is 26.1. The average Bonchev–Trinajstić information content (AvgIpc) is 3.10. The van der Waals surface area contributed by atoms with Crippen molar-refractivity contribution in [2.24, 2.45) is 11.3 Å². The molecule has 2 amide bonds. The van der Waals surface area contributed by atoms with Crippen LogP contribution in [0.3, 0.4) is 0 Å². The van der Waals surface area contributed by atoms with E-state index in [4.69, 9.17) is 9.47 Å². The van der Waals surface area contributed by atoms with Gasteiger partial charge in [0.1, 0.15) is 6.10 Å². The number of allylic oxidation sites excluding steroid dienone is 2. The van der Waals surface area contributed by atoms with E-state index in [1.807, 2.05) is 32.0 Å². The van der Waals surface area contributed by atoms with E-state index in [0.29, 0.717) is 38.8 Å². The third-order valence-electron chi connectivity index (χ3n) is 10.3. The number of aryl methyl sites for hydroxylation is 1. The standard InChI is InChI=1S/C44H74N2O6/c1-6-7-8-9-10-11-12-13-14-15-16-17-18-19-25-33-39(47)45-34-26-21-24-31-37(42(49)50)38(32-27-30-36-28-22-20-23-29-36)46-41(48)40-43(2,3)35-51-44(4,5)52-40/h13-14,20,22-23,28-29,37-38,40H,6-12,15-19,21,24-27,30-35H2,1-5H3,(H,45,47)(H,46,48)(H,49,50)/b14-13-. The molecule has 3 atom stereocenters. The quantitative estimate of drug-likeness (QED) is 0.0560. The molecule has 1 saturated heterocycles. The van der Waals surface area contributed by atoms with E-state index in [1.54, 1.807) is 13.8 Å². The molecule has 296 valence electrons. The maximum atomic E-state index is 13.6. The van der Waals surface area contributed by atoms with Gasteiger partial charge >= 0.3 is 5.97 Å². The molecule has 1 fully saturated rings. The molecule has 0 radical (unpaired) electrons. The molecule has 1 aromatic carbocycles. The Balaban J connectivity index is 1.68. The van der Waals surface area contributed by atoms with Crippen LogP contribution in [0.15, 0.2) is 42.5 Å². The second-order valence-electron chi connectivity index (χ2n) is 16.1. The maximum Gasteiger partial charge on any atom is 0.308 e. The molecule has 1 aliphatic heterocycles. The van der Waals surface area contributed by atoms with Crippen LogP contribution >= 0.6 is 0 Å². The van der Waals surface area contributed by atoms with Gasteiger partial charge in [0.05, 0.1) is 12.5 Å². The van der Waals surface area contributed by atoms with E-state index in [1.165, 1.54) is 69.8 Å². The summed E-state index contributed by atoms with van der Waals surface area (Å²) in [4.78, 5) is 38.6. The number of carboxylic acids is 1. The van der Waals surface area contributed by atoms with Crippen LogP contribution in [0.25, 0.3) is 0 Å². The zero-order chi connectivity index (χ0) is 38.1. The fourth-order valence-corrected chi connectivity index (χ4v) is 6.96. The molecule has 8 heteroatoms. The molecule has 1 heterocycles. The summed E-state index contributed by atoms with van der Waals surface area (Å²) in [5.41, 5.74) is 0.635. The third kappa shape index (κ3) is 19.9. The first kappa shape index (κ1) is 45.4. The second-order valence-corrected chi connectivity index (χ2v) is 16.1. The van der Waals surface area contributed by atoms with Crippen LogP contribution in [0, 0.1) is 11.3 Å². The Bertz CT molecular complexity index is 1150. The van der Waals surface area contributed by atoms with Crippen LogP contribution in [0.5, 0.6) is 0 Å². The minimum atomic E-state index is -0.897. The number of aliphatic carboxylic acids is 1. The summed E-state index contributed by atoms with van der Waals surface area (Å²) in [6, 6.07) is 9.60. The van der Waals surface area contributed by atoms with Crippen molar-refractivity contribution < 1.29 is 29.0 Å². The molecule has 0 aromatic heterocycles. The molecule has 8 nitrogen and oxygen atoms in total. The van der Waals surface area contributed by atoms with Gasteiger partial charge in [0.25, 0.3) is 0 Å². The van der Waals surface area contributed by atoms with Gasteiger partial charge in [-0.1, -0.05) is 127 Å². The summed E-state index contributed by atoms with van der Waals surface area (Å²) in [6.45, 7) is 10.7. The fraction of sp³-hybridized carbons (Fsp3) is 0.750. The maximum absolute atomic E-state index is 13.6.